The first kappa shape index (κ1) is 9.86. The summed E-state index contributed by atoms with van der Waals surface area (Å²) >= 11 is 0. The maximum atomic E-state index is 5.33. The molecule has 6 heteroatoms. The van der Waals surface area contributed by atoms with Gasteiger partial charge < -0.3 is 9.47 Å². The van der Waals surface area contributed by atoms with Crippen molar-refractivity contribution in [3.63, 3.8) is 0 Å². The summed E-state index contributed by atoms with van der Waals surface area (Å²) in [4.78, 5) is 0. The van der Waals surface area contributed by atoms with E-state index in [1.807, 2.05) is 12.1 Å². The minimum absolute atomic E-state index is 0.241. The van der Waals surface area contributed by atoms with E-state index in [1.54, 1.807) is 0 Å². The van der Waals surface area contributed by atoms with E-state index in [-0.39, 0.29) is 6.17 Å². The van der Waals surface area contributed by atoms with Gasteiger partial charge in [-0.3, -0.25) is 0 Å². The first-order chi connectivity index (χ1) is 7.92. The molecular formula is C10H14N4O2. The molecule has 0 atom stereocenters. The zero-order valence-corrected chi connectivity index (χ0v) is 8.75. The summed E-state index contributed by atoms with van der Waals surface area (Å²) in [5.41, 5.74) is 12.9. The third-order valence-corrected chi connectivity index (χ3v) is 2.71. The number of fused-ring (bicyclic) bond motifs is 1. The third kappa shape index (κ3) is 1.96. The van der Waals surface area contributed by atoms with Crippen LogP contribution < -0.4 is 31.4 Å². The lowest BCUT2D eigenvalue weighted by molar-refractivity contribution is 0.174. The molecule has 0 aliphatic carbocycles. The van der Waals surface area contributed by atoms with Crippen LogP contribution >= 0.6 is 0 Å². The summed E-state index contributed by atoms with van der Waals surface area (Å²) in [6, 6.07) is 6.07. The van der Waals surface area contributed by atoms with E-state index in [4.69, 9.17) is 9.47 Å². The summed E-state index contributed by atoms with van der Waals surface area (Å²) in [5.74, 6) is 1.69. The van der Waals surface area contributed by atoms with Gasteiger partial charge in [0.15, 0.2) is 11.5 Å². The number of hydrogen-bond acceptors (Lipinski definition) is 6. The molecule has 4 N–H and O–H groups in total. The first-order valence-corrected chi connectivity index (χ1v) is 5.31. The highest BCUT2D eigenvalue weighted by Gasteiger charge is 2.15. The van der Waals surface area contributed by atoms with Crippen molar-refractivity contribution in [2.45, 2.75) is 19.0 Å². The van der Waals surface area contributed by atoms with Crippen molar-refractivity contribution in [2.24, 2.45) is 0 Å². The molecule has 3 rings (SSSR count). The van der Waals surface area contributed by atoms with E-state index >= 15 is 0 Å². The van der Waals surface area contributed by atoms with Crippen LogP contribution in [0, 0.1) is 0 Å². The van der Waals surface area contributed by atoms with Gasteiger partial charge in [0.05, 0.1) is 6.17 Å². The minimum Gasteiger partial charge on any atom is -0.454 e. The Morgan fingerprint density at radius 1 is 1.12 bits per heavy atom. The van der Waals surface area contributed by atoms with Crippen molar-refractivity contribution in [3.8, 4) is 11.5 Å². The van der Waals surface area contributed by atoms with Crippen molar-refractivity contribution in [1.82, 2.24) is 21.9 Å². The van der Waals surface area contributed by atoms with Crippen LogP contribution in [0.2, 0.25) is 0 Å². The Balaban J connectivity index is 1.61. The Morgan fingerprint density at radius 2 is 1.94 bits per heavy atom. The molecule has 2 heterocycles. The average molecular weight is 222 g/mol. The van der Waals surface area contributed by atoms with E-state index in [2.05, 4.69) is 28.0 Å². The van der Waals surface area contributed by atoms with E-state index in [1.165, 1.54) is 5.56 Å². The maximum Gasteiger partial charge on any atom is 0.231 e. The standard InChI is InChI=1S/C10H14N4O2/c1-3-8-9(16-6-15-8)5-7(1)2-4-10-11-13-14-12-10/h1,3,5,10-14H,2,4,6H2. The van der Waals surface area contributed by atoms with E-state index in [9.17, 15) is 0 Å². The molecule has 0 bridgehead atoms. The molecular weight excluding hydrogens is 208 g/mol. The molecule has 86 valence electrons. The second-order valence-electron chi connectivity index (χ2n) is 3.82. The monoisotopic (exact) mass is 222 g/mol. The van der Waals surface area contributed by atoms with E-state index < -0.39 is 0 Å². The molecule has 0 spiro atoms. The number of rotatable bonds is 3. The third-order valence-electron chi connectivity index (χ3n) is 2.71. The Kier molecular flexibility index (Phi) is 2.63. The highest BCUT2D eigenvalue weighted by atomic mass is 16.7. The Morgan fingerprint density at radius 3 is 2.81 bits per heavy atom. The topological polar surface area (TPSA) is 66.6 Å². The molecule has 0 radical (unpaired) electrons. The minimum atomic E-state index is 0.241. The lowest BCUT2D eigenvalue weighted by Crippen LogP contribution is -2.33. The van der Waals surface area contributed by atoms with Crippen molar-refractivity contribution in [3.05, 3.63) is 23.8 Å². The number of nitrogens with one attached hydrogen (secondary N) is 4. The van der Waals surface area contributed by atoms with Gasteiger partial charge in [-0.15, -0.1) is 0 Å². The molecule has 1 fully saturated rings. The van der Waals surface area contributed by atoms with Gasteiger partial charge in [-0.2, -0.15) is 11.1 Å². The normalized spacial score (nSPS) is 19.2. The van der Waals surface area contributed by atoms with Gasteiger partial charge in [-0.1, -0.05) is 6.07 Å². The van der Waals surface area contributed by atoms with Gasteiger partial charge in [0.2, 0.25) is 6.79 Å². The van der Waals surface area contributed by atoms with Crippen molar-refractivity contribution < 1.29 is 9.47 Å². The summed E-state index contributed by atoms with van der Waals surface area (Å²) in [5, 5.41) is 0. The predicted molar refractivity (Wildman–Crippen MR) is 57.2 cm³/mol. The quantitative estimate of drug-likeness (QED) is 0.567. The number of hydrazine groups is 3. The highest BCUT2D eigenvalue weighted by Crippen LogP contribution is 2.32. The molecule has 0 amide bonds. The van der Waals surface area contributed by atoms with Gasteiger partial charge in [0.25, 0.3) is 0 Å². The largest absolute Gasteiger partial charge is 0.454 e. The summed E-state index contributed by atoms with van der Waals surface area (Å²) in [6.45, 7) is 0.332. The number of ether oxygens (including phenoxy) is 2. The van der Waals surface area contributed by atoms with Gasteiger partial charge in [0.1, 0.15) is 0 Å². The van der Waals surface area contributed by atoms with Crippen LogP contribution in [0.5, 0.6) is 11.5 Å². The van der Waals surface area contributed by atoms with Crippen molar-refractivity contribution in [1.29, 1.82) is 0 Å². The molecule has 2 aliphatic rings. The van der Waals surface area contributed by atoms with Crippen LogP contribution in [0.3, 0.4) is 0 Å². The molecule has 1 saturated heterocycles. The van der Waals surface area contributed by atoms with Crippen LogP contribution in [0.1, 0.15) is 12.0 Å². The average Bonchev–Trinajstić information content (AvgIpc) is 2.97. The second kappa shape index (κ2) is 4.26. The molecule has 1 aromatic rings. The Hall–Kier alpha value is -1.34. The molecule has 0 unspecified atom stereocenters. The molecule has 1 aromatic carbocycles. The number of hydrogen-bond donors (Lipinski definition) is 4. The van der Waals surface area contributed by atoms with Crippen molar-refractivity contribution in [2.75, 3.05) is 6.79 Å². The molecule has 6 nitrogen and oxygen atoms in total. The Bertz CT molecular complexity index is 379. The van der Waals surface area contributed by atoms with Gasteiger partial charge in [-0.25, -0.2) is 10.9 Å². The molecule has 2 aliphatic heterocycles. The lowest BCUT2D eigenvalue weighted by atomic mass is 10.1. The fourth-order valence-electron chi connectivity index (χ4n) is 1.83. The summed E-state index contributed by atoms with van der Waals surface area (Å²) in [7, 11) is 0. The first-order valence-electron chi connectivity index (χ1n) is 5.31. The number of benzene rings is 1. The van der Waals surface area contributed by atoms with Gasteiger partial charge in [-0.05, 0) is 30.5 Å². The van der Waals surface area contributed by atoms with Gasteiger partial charge >= 0.3 is 0 Å². The van der Waals surface area contributed by atoms with Crippen molar-refractivity contribution >= 4 is 0 Å². The Labute approximate surface area is 93.2 Å². The molecule has 0 aromatic heterocycles. The number of aryl methyl sites for hydroxylation is 1. The summed E-state index contributed by atoms with van der Waals surface area (Å²) < 4.78 is 10.6. The van der Waals surface area contributed by atoms with E-state index in [0.29, 0.717) is 6.79 Å². The van der Waals surface area contributed by atoms with E-state index in [0.717, 1.165) is 24.3 Å². The maximum absolute atomic E-state index is 5.33. The molecule has 16 heavy (non-hydrogen) atoms. The zero-order chi connectivity index (χ0) is 10.8. The van der Waals surface area contributed by atoms with Crippen LogP contribution in [0.15, 0.2) is 18.2 Å². The molecule has 0 saturated carbocycles. The smallest absolute Gasteiger partial charge is 0.231 e. The van der Waals surface area contributed by atoms with Crippen LogP contribution in [-0.4, -0.2) is 13.0 Å². The van der Waals surface area contributed by atoms with Crippen LogP contribution in [0.25, 0.3) is 0 Å². The van der Waals surface area contributed by atoms with Crippen LogP contribution in [0.4, 0.5) is 0 Å². The fourth-order valence-corrected chi connectivity index (χ4v) is 1.83. The predicted octanol–water partition coefficient (Wildman–Crippen LogP) is -0.209. The fraction of sp³-hybridized carbons (Fsp3) is 0.400. The van der Waals surface area contributed by atoms with Gasteiger partial charge in [0, 0.05) is 0 Å². The highest BCUT2D eigenvalue weighted by molar-refractivity contribution is 5.44. The van der Waals surface area contributed by atoms with Crippen LogP contribution in [-0.2, 0) is 6.42 Å². The SMILES string of the molecule is c1cc2c(cc1CCC1NNNN1)OCO2. The lowest BCUT2D eigenvalue weighted by Gasteiger charge is -2.08. The second-order valence-corrected chi connectivity index (χ2v) is 3.82. The zero-order valence-electron chi connectivity index (χ0n) is 8.75. The summed E-state index contributed by atoms with van der Waals surface area (Å²) in [6.07, 6.45) is 2.20.